The lowest BCUT2D eigenvalue weighted by atomic mass is 9.44. The van der Waals surface area contributed by atoms with Crippen molar-refractivity contribution in [3.8, 4) is 0 Å². The van der Waals surface area contributed by atoms with E-state index in [9.17, 15) is 0 Å². The number of rotatable bonds is 3. The number of aromatic nitrogens is 3. The summed E-state index contributed by atoms with van der Waals surface area (Å²) < 4.78 is 3.14. The first-order valence-corrected chi connectivity index (χ1v) is 8.96. The van der Waals surface area contributed by atoms with Crippen molar-refractivity contribution < 1.29 is 0 Å². The van der Waals surface area contributed by atoms with E-state index >= 15 is 0 Å². The fraction of sp³-hybridized carbons (Fsp3) is 0.882. The van der Waals surface area contributed by atoms with Crippen LogP contribution in [0.1, 0.15) is 65.1 Å². The van der Waals surface area contributed by atoms with Gasteiger partial charge in [-0.25, -0.2) is 0 Å². The largest absolute Gasteiger partial charge is 0.303 e. The van der Waals surface area contributed by atoms with Crippen LogP contribution in [0, 0.1) is 27.9 Å². The fourth-order valence-electron chi connectivity index (χ4n) is 6.24. The Labute approximate surface area is 132 Å². The van der Waals surface area contributed by atoms with Crippen molar-refractivity contribution in [2.45, 2.75) is 71.3 Å². The standard InChI is InChI=1S/C17H27N3S/c1-11(2)9-20-14(18-19-15(20)21)17-7-12-4-13(8-17)6-16(3,5-12)10-17/h11-13H,4-10H2,1-3H3,(H,19,21). The molecule has 5 rings (SSSR count). The molecule has 1 aromatic rings. The van der Waals surface area contributed by atoms with Crippen LogP contribution in [0.3, 0.4) is 0 Å². The summed E-state index contributed by atoms with van der Waals surface area (Å²) in [5.74, 6) is 3.74. The second-order valence-corrected chi connectivity index (χ2v) is 9.30. The van der Waals surface area contributed by atoms with E-state index in [1.165, 1.54) is 44.3 Å². The molecule has 2 atom stereocenters. The smallest absolute Gasteiger partial charge is 0.195 e. The Morgan fingerprint density at radius 3 is 2.52 bits per heavy atom. The van der Waals surface area contributed by atoms with Crippen molar-refractivity contribution in [3.63, 3.8) is 0 Å². The highest BCUT2D eigenvalue weighted by atomic mass is 32.1. The Morgan fingerprint density at radius 2 is 1.95 bits per heavy atom. The molecule has 2 unspecified atom stereocenters. The SMILES string of the molecule is CC(C)Cn1c(C23CC4CC(CC(C)(C4)C2)C3)n[nH]c1=S. The number of hydrogen-bond acceptors (Lipinski definition) is 2. The molecule has 1 aromatic heterocycles. The molecule has 1 N–H and O–H groups in total. The maximum absolute atomic E-state index is 5.52. The first-order chi connectivity index (χ1) is 9.89. The van der Waals surface area contributed by atoms with Gasteiger partial charge < -0.3 is 4.57 Å². The van der Waals surface area contributed by atoms with Gasteiger partial charge in [0.25, 0.3) is 0 Å². The van der Waals surface area contributed by atoms with Crippen LogP contribution in [-0.2, 0) is 12.0 Å². The van der Waals surface area contributed by atoms with Gasteiger partial charge >= 0.3 is 0 Å². The van der Waals surface area contributed by atoms with Crippen molar-refractivity contribution in [1.29, 1.82) is 0 Å². The molecule has 0 spiro atoms. The summed E-state index contributed by atoms with van der Waals surface area (Å²) in [5.41, 5.74) is 0.863. The van der Waals surface area contributed by atoms with Crippen LogP contribution in [0.4, 0.5) is 0 Å². The molecule has 0 radical (unpaired) electrons. The summed E-state index contributed by atoms with van der Waals surface area (Å²) >= 11 is 5.52. The molecule has 116 valence electrons. The topological polar surface area (TPSA) is 33.6 Å². The van der Waals surface area contributed by atoms with Gasteiger partial charge in [0.2, 0.25) is 0 Å². The number of hydrogen-bond donors (Lipinski definition) is 1. The van der Waals surface area contributed by atoms with Crippen LogP contribution in [0.15, 0.2) is 0 Å². The lowest BCUT2D eigenvalue weighted by Gasteiger charge is -2.60. The van der Waals surface area contributed by atoms with Crippen molar-refractivity contribution >= 4 is 12.2 Å². The molecule has 0 aromatic carbocycles. The first-order valence-electron chi connectivity index (χ1n) is 8.55. The van der Waals surface area contributed by atoms with Crippen LogP contribution < -0.4 is 0 Å². The highest BCUT2D eigenvalue weighted by molar-refractivity contribution is 7.71. The predicted octanol–water partition coefficient (Wildman–Crippen LogP) is 4.45. The molecule has 4 fully saturated rings. The van der Waals surface area contributed by atoms with Crippen LogP contribution in [-0.4, -0.2) is 14.8 Å². The second-order valence-electron chi connectivity index (χ2n) is 8.91. The molecule has 21 heavy (non-hydrogen) atoms. The number of H-pyrrole nitrogens is 1. The van der Waals surface area contributed by atoms with Crippen LogP contribution >= 0.6 is 12.2 Å². The quantitative estimate of drug-likeness (QED) is 0.837. The van der Waals surface area contributed by atoms with Gasteiger partial charge in [0.1, 0.15) is 5.82 Å². The maximum Gasteiger partial charge on any atom is 0.195 e. The van der Waals surface area contributed by atoms with E-state index in [0.717, 1.165) is 23.2 Å². The molecule has 0 aliphatic heterocycles. The monoisotopic (exact) mass is 305 g/mol. The van der Waals surface area contributed by atoms with Gasteiger partial charge in [-0.1, -0.05) is 20.8 Å². The zero-order valence-corrected chi connectivity index (χ0v) is 14.3. The Morgan fingerprint density at radius 1 is 1.29 bits per heavy atom. The summed E-state index contributed by atoms with van der Waals surface area (Å²) in [5, 5.41) is 7.83. The number of aromatic amines is 1. The van der Waals surface area contributed by atoms with Crippen LogP contribution in [0.25, 0.3) is 0 Å². The Kier molecular flexibility index (Phi) is 2.95. The Balaban J connectivity index is 1.78. The molecule has 3 nitrogen and oxygen atoms in total. The van der Waals surface area contributed by atoms with Gasteiger partial charge in [0.05, 0.1) is 0 Å². The van der Waals surface area contributed by atoms with Gasteiger partial charge in [0.15, 0.2) is 4.77 Å². The van der Waals surface area contributed by atoms with E-state index in [1.54, 1.807) is 0 Å². The minimum Gasteiger partial charge on any atom is -0.303 e. The molecule has 1 heterocycles. The highest BCUT2D eigenvalue weighted by Gasteiger charge is 2.58. The maximum atomic E-state index is 5.52. The van der Waals surface area contributed by atoms with Gasteiger partial charge in [-0.05, 0) is 73.9 Å². The van der Waals surface area contributed by atoms with E-state index in [0.29, 0.717) is 16.7 Å². The van der Waals surface area contributed by atoms with Crippen molar-refractivity contribution in [2.24, 2.45) is 23.2 Å². The van der Waals surface area contributed by atoms with Gasteiger partial charge in [-0.3, -0.25) is 5.10 Å². The molecule has 4 aliphatic carbocycles. The molecule has 0 amide bonds. The van der Waals surface area contributed by atoms with Gasteiger partial charge in [0, 0.05) is 12.0 Å². The molecule has 4 aliphatic rings. The average molecular weight is 305 g/mol. The van der Waals surface area contributed by atoms with Crippen molar-refractivity contribution in [1.82, 2.24) is 14.8 Å². The van der Waals surface area contributed by atoms with Gasteiger partial charge in [-0.15, -0.1) is 0 Å². The normalized spacial score (nSPS) is 41.1. The predicted molar refractivity (Wildman–Crippen MR) is 86.7 cm³/mol. The minimum atomic E-state index is 0.307. The molecule has 4 bridgehead atoms. The summed E-state index contributed by atoms with van der Waals surface area (Å²) in [6.45, 7) is 8.05. The van der Waals surface area contributed by atoms with Gasteiger partial charge in [-0.2, -0.15) is 5.10 Å². The lowest BCUT2D eigenvalue weighted by Crippen LogP contribution is -2.53. The summed E-state index contributed by atoms with van der Waals surface area (Å²) in [4.78, 5) is 0. The third-order valence-electron chi connectivity index (χ3n) is 6.13. The first kappa shape index (κ1) is 14.0. The molecular formula is C17H27N3S. The Hall–Kier alpha value is -0.640. The van der Waals surface area contributed by atoms with Crippen molar-refractivity contribution in [3.05, 3.63) is 10.6 Å². The van der Waals surface area contributed by atoms with E-state index in [4.69, 9.17) is 17.3 Å². The summed E-state index contributed by atoms with van der Waals surface area (Å²) in [6, 6.07) is 0. The number of nitrogens with one attached hydrogen (secondary N) is 1. The summed E-state index contributed by atoms with van der Waals surface area (Å²) in [7, 11) is 0. The fourth-order valence-corrected chi connectivity index (χ4v) is 6.45. The Bertz CT molecular complexity index is 598. The summed E-state index contributed by atoms with van der Waals surface area (Å²) in [6.07, 6.45) is 8.37. The zero-order valence-electron chi connectivity index (χ0n) is 13.5. The second kappa shape index (κ2) is 4.43. The molecule has 0 saturated heterocycles. The van der Waals surface area contributed by atoms with E-state index in [-0.39, 0.29) is 0 Å². The third-order valence-corrected chi connectivity index (χ3v) is 6.45. The van der Waals surface area contributed by atoms with E-state index in [1.807, 2.05) is 0 Å². The van der Waals surface area contributed by atoms with Crippen molar-refractivity contribution in [2.75, 3.05) is 0 Å². The molecule has 4 heteroatoms. The van der Waals surface area contributed by atoms with Crippen LogP contribution in [0.2, 0.25) is 0 Å². The lowest BCUT2D eigenvalue weighted by molar-refractivity contribution is -0.0662. The average Bonchev–Trinajstić information content (AvgIpc) is 2.67. The zero-order chi connectivity index (χ0) is 14.8. The molecular weight excluding hydrogens is 278 g/mol. The van der Waals surface area contributed by atoms with E-state index in [2.05, 4.69) is 30.4 Å². The van der Waals surface area contributed by atoms with E-state index < -0.39 is 0 Å². The molecule has 4 saturated carbocycles. The highest BCUT2D eigenvalue weighted by Crippen LogP contribution is 2.65. The minimum absolute atomic E-state index is 0.307. The number of nitrogens with zero attached hydrogens (tertiary/aromatic N) is 2. The third kappa shape index (κ3) is 2.13. The van der Waals surface area contributed by atoms with Crippen LogP contribution in [0.5, 0.6) is 0 Å².